The van der Waals surface area contributed by atoms with Crippen LogP contribution in [0.4, 0.5) is 24.0 Å². The monoisotopic (exact) mass is 670 g/mol. The van der Waals surface area contributed by atoms with E-state index in [2.05, 4.69) is 14.8 Å². The molecule has 3 atom stereocenters. The Kier molecular flexibility index (Phi) is 7.32. The predicted molar refractivity (Wildman–Crippen MR) is 170 cm³/mol. The summed E-state index contributed by atoms with van der Waals surface area (Å²) < 4.78 is 65.1. The fourth-order valence-electron chi connectivity index (χ4n) is 7.68. The van der Waals surface area contributed by atoms with Gasteiger partial charge >= 0.3 is 6.01 Å². The van der Waals surface area contributed by atoms with Crippen molar-refractivity contribution in [2.45, 2.75) is 49.9 Å². The minimum absolute atomic E-state index is 0.0385. The zero-order valence-corrected chi connectivity index (χ0v) is 26.3. The normalized spacial score (nSPS) is 24.6. The van der Waals surface area contributed by atoms with Crippen LogP contribution in [0.5, 0.6) is 11.8 Å². The number of nitrogen functional groups attached to an aromatic ring is 1. The Morgan fingerprint density at radius 3 is 2.91 bits per heavy atom. The first kappa shape index (κ1) is 29.8. The standard InChI is InChI=1S/C32H30ClF3N6O3S/c33-24-22(18-3-4-20(35)28-21(18)19(12-37)29(38)46-28)25(36)26-23-27(24)44-10-5-17-14-43-9-2-8-42(17)30(23)40-31(39-26)45-15-32-6-1-7-41(32)13-16(34)11-32/h3-4,16-17H,1-2,5-11,13-15,38H2/t16-,17?,32+/m1/s1. The van der Waals surface area contributed by atoms with E-state index in [1.165, 1.54) is 12.1 Å². The molecule has 4 aliphatic heterocycles. The molecule has 0 saturated carbocycles. The molecule has 1 unspecified atom stereocenters. The highest BCUT2D eigenvalue weighted by molar-refractivity contribution is 7.23. The molecular formula is C32H30ClF3N6O3S. The van der Waals surface area contributed by atoms with E-state index in [0.717, 1.165) is 37.1 Å². The van der Waals surface area contributed by atoms with Crippen LogP contribution in [0.2, 0.25) is 5.02 Å². The van der Waals surface area contributed by atoms with Crippen LogP contribution >= 0.6 is 22.9 Å². The maximum atomic E-state index is 17.1. The molecule has 3 saturated heterocycles. The highest BCUT2D eigenvalue weighted by atomic mass is 35.5. The molecule has 4 aliphatic rings. The smallest absolute Gasteiger partial charge is 0.319 e. The highest BCUT2D eigenvalue weighted by Gasteiger charge is 2.49. The van der Waals surface area contributed by atoms with Crippen molar-refractivity contribution in [1.82, 2.24) is 14.9 Å². The van der Waals surface area contributed by atoms with Crippen molar-refractivity contribution in [1.29, 1.82) is 5.26 Å². The first-order valence-electron chi connectivity index (χ1n) is 15.4. The molecule has 2 N–H and O–H groups in total. The lowest BCUT2D eigenvalue weighted by molar-refractivity contribution is 0.107. The second-order valence-electron chi connectivity index (χ2n) is 12.4. The number of nitrogens with zero attached hydrogens (tertiary/aromatic N) is 5. The number of nitriles is 1. The SMILES string of the molecule is N#Cc1c(N)sc2c(F)ccc(-c3c(Cl)c4c5c(nc(OC[C@@]67CCCN6C[C@H](F)C7)nc5c3F)N3CCCOCC3CCO4)c12. The van der Waals surface area contributed by atoms with Gasteiger partial charge in [-0.05, 0) is 37.4 Å². The first-order valence-corrected chi connectivity index (χ1v) is 16.6. The first-order chi connectivity index (χ1) is 22.3. The zero-order valence-electron chi connectivity index (χ0n) is 24.8. The molecule has 0 aliphatic carbocycles. The van der Waals surface area contributed by atoms with Crippen LogP contribution in [-0.4, -0.2) is 78.7 Å². The number of thiophene rings is 1. The van der Waals surface area contributed by atoms with Crippen molar-refractivity contribution in [3.05, 3.63) is 34.4 Å². The number of halogens is 4. The van der Waals surface area contributed by atoms with E-state index < -0.39 is 23.3 Å². The van der Waals surface area contributed by atoms with Gasteiger partial charge in [0.25, 0.3) is 0 Å². The number of fused-ring (bicyclic) bond motifs is 4. The van der Waals surface area contributed by atoms with Crippen molar-refractivity contribution in [2.75, 3.05) is 56.7 Å². The van der Waals surface area contributed by atoms with Gasteiger partial charge < -0.3 is 24.8 Å². The van der Waals surface area contributed by atoms with Crippen molar-refractivity contribution in [3.63, 3.8) is 0 Å². The molecule has 0 bridgehead atoms. The van der Waals surface area contributed by atoms with Crippen molar-refractivity contribution in [3.8, 4) is 29.0 Å². The molecule has 14 heteroatoms. The average molecular weight is 671 g/mol. The Hall–Kier alpha value is -3.57. The molecular weight excluding hydrogens is 641 g/mol. The Morgan fingerprint density at radius 2 is 2.07 bits per heavy atom. The number of aromatic nitrogens is 2. The van der Waals surface area contributed by atoms with Gasteiger partial charge in [-0.3, -0.25) is 4.90 Å². The largest absolute Gasteiger partial charge is 0.491 e. The van der Waals surface area contributed by atoms with E-state index >= 15 is 4.39 Å². The van der Waals surface area contributed by atoms with Gasteiger partial charge in [-0.25, -0.2) is 13.2 Å². The van der Waals surface area contributed by atoms with Crippen LogP contribution in [0.1, 0.15) is 37.7 Å². The molecule has 2 aromatic heterocycles. The molecule has 3 fully saturated rings. The van der Waals surface area contributed by atoms with Crippen LogP contribution in [-0.2, 0) is 4.74 Å². The van der Waals surface area contributed by atoms with E-state index in [-0.39, 0.29) is 73.3 Å². The number of benzene rings is 2. The third-order valence-electron chi connectivity index (χ3n) is 9.78. The number of ether oxygens (including phenoxy) is 3. The highest BCUT2D eigenvalue weighted by Crippen LogP contribution is 2.51. The lowest BCUT2D eigenvalue weighted by Gasteiger charge is -2.34. The van der Waals surface area contributed by atoms with Crippen molar-refractivity contribution in [2.24, 2.45) is 0 Å². The second-order valence-corrected chi connectivity index (χ2v) is 13.8. The van der Waals surface area contributed by atoms with Gasteiger partial charge in [0.15, 0.2) is 11.6 Å². The summed E-state index contributed by atoms with van der Waals surface area (Å²) in [6.07, 6.45) is 2.46. The molecule has 0 radical (unpaired) electrons. The van der Waals surface area contributed by atoms with Crippen LogP contribution in [0.25, 0.3) is 32.1 Å². The summed E-state index contributed by atoms with van der Waals surface area (Å²) in [6, 6.07) is 4.48. The van der Waals surface area contributed by atoms with Crippen LogP contribution in [0.15, 0.2) is 12.1 Å². The lowest BCUT2D eigenvalue weighted by atomic mass is 9.95. The predicted octanol–water partition coefficient (Wildman–Crippen LogP) is 6.23. The summed E-state index contributed by atoms with van der Waals surface area (Å²) in [7, 11) is 0. The van der Waals surface area contributed by atoms with Gasteiger partial charge in [-0.2, -0.15) is 15.2 Å². The summed E-state index contributed by atoms with van der Waals surface area (Å²) >= 11 is 7.94. The van der Waals surface area contributed by atoms with Gasteiger partial charge in [-0.15, -0.1) is 11.3 Å². The third-order valence-corrected chi connectivity index (χ3v) is 11.2. The van der Waals surface area contributed by atoms with E-state index in [1.807, 2.05) is 6.07 Å². The zero-order chi connectivity index (χ0) is 31.7. The maximum Gasteiger partial charge on any atom is 0.319 e. The van der Waals surface area contributed by atoms with Crippen molar-refractivity contribution >= 4 is 54.7 Å². The van der Waals surface area contributed by atoms with Gasteiger partial charge in [0, 0.05) is 43.5 Å². The summed E-state index contributed by atoms with van der Waals surface area (Å²) in [5.74, 6) is -0.780. The average Bonchev–Trinajstić information content (AvgIpc) is 3.61. The topological polar surface area (TPSA) is 110 Å². The molecule has 4 aromatic rings. The minimum Gasteiger partial charge on any atom is -0.491 e. The molecule has 240 valence electrons. The third kappa shape index (κ3) is 4.56. The maximum absolute atomic E-state index is 17.1. The Morgan fingerprint density at radius 1 is 1.20 bits per heavy atom. The Labute approximate surface area is 271 Å². The Balaban J connectivity index is 1.36. The van der Waals surface area contributed by atoms with E-state index in [0.29, 0.717) is 50.3 Å². The quantitative estimate of drug-likeness (QED) is 0.270. The molecule has 9 nitrogen and oxygen atoms in total. The van der Waals surface area contributed by atoms with E-state index in [9.17, 15) is 14.0 Å². The van der Waals surface area contributed by atoms with Crippen LogP contribution in [0.3, 0.4) is 0 Å². The number of nitrogens with two attached hydrogens (primary N) is 1. The molecule has 46 heavy (non-hydrogen) atoms. The number of hydrogen-bond acceptors (Lipinski definition) is 10. The second kappa shape index (κ2) is 11.3. The molecule has 6 heterocycles. The molecule has 8 rings (SSSR count). The number of alkyl halides is 1. The van der Waals surface area contributed by atoms with Crippen molar-refractivity contribution < 1.29 is 27.4 Å². The number of rotatable bonds is 4. The summed E-state index contributed by atoms with van der Waals surface area (Å²) in [5.41, 5.74) is 5.68. The van der Waals surface area contributed by atoms with Crippen LogP contribution in [0, 0.1) is 23.0 Å². The van der Waals surface area contributed by atoms with E-state index in [4.69, 9.17) is 36.5 Å². The molecule has 0 spiro atoms. The Bertz CT molecular complexity index is 1940. The summed E-state index contributed by atoms with van der Waals surface area (Å²) in [6.45, 7) is 3.19. The lowest BCUT2D eigenvalue weighted by Crippen LogP contribution is -2.43. The fourth-order valence-corrected chi connectivity index (χ4v) is 8.96. The molecule has 0 amide bonds. The van der Waals surface area contributed by atoms with E-state index in [1.54, 1.807) is 0 Å². The molecule has 2 aromatic carbocycles. The summed E-state index contributed by atoms with van der Waals surface area (Å²) in [4.78, 5) is 13.6. The van der Waals surface area contributed by atoms with Crippen LogP contribution < -0.4 is 20.1 Å². The fraction of sp³-hybridized carbons (Fsp3) is 0.469. The summed E-state index contributed by atoms with van der Waals surface area (Å²) in [5, 5.41) is 10.4. The van der Waals surface area contributed by atoms with Gasteiger partial charge in [-0.1, -0.05) is 17.7 Å². The number of anilines is 2. The van der Waals surface area contributed by atoms with Gasteiger partial charge in [0.05, 0.1) is 45.5 Å². The number of hydrogen-bond donors (Lipinski definition) is 1. The van der Waals surface area contributed by atoms with Gasteiger partial charge in [0.1, 0.15) is 41.0 Å². The minimum atomic E-state index is -0.938. The van der Waals surface area contributed by atoms with Gasteiger partial charge in [0.2, 0.25) is 0 Å².